The zero-order chi connectivity index (χ0) is 15.4. The number of ether oxygens (including phenoxy) is 2. The van der Waals surface area contributed by atoms with E-state index in [1.807, 2.05) is 12.1 Å². The van der Waals surface area contributed by atoms with Gasteiger partial charge in [0.05, 0.1) is 25.3 Å². The molecule has 7 heteroatoms. The second kappa shape index (κ2) is 6.76. The number of aromatic amines is 1. The molecule has 0 radical (unpaired) electrons. The predicted molar refractivity (Wildman–Crippen MR) is 84.1 cm³/mol. The minimum atomic E-state index is -0.441. The summed E-state index contributed by atoms with van der Waals surface area (Å²) in [5, 5.41) is 0.699. The molecule has 2 aromatic rings. The summed E-state index contributed by atoms with van der Waals surface area (Å²) in [5.41, 5.74) is 6.00. The normalized spacial score (nSPS) is 16.0. The first-order valence-corrected chi connectivity index (χ1v) is 7.45. The van der Waals surface area contributed by atoms with Gasteiger partial charge in [0.2, 0.25) is 0 Å². The molecule has 0 spiro atoms. The molecule has 3 N–H and O–H groups in total. The summed E-state index contributed by atoms with van der Waals surface area (Å²) in [6.45, 7) is 5.26. The molecule has 1 fully saturated rings. The number of nitrogens with two attached hydrogens (primary N) is 1. The van der Waals surface area contributed by atoms with Gasteiger partial charge < -0.3 is 20.2 Å². The number of nitrogens with zero attached hydrogens (tertiary/aromatic N) is 2. The largest absolute Gasteiger partial charge is 0.494 e. The smallest absolute Gasteiger partial charge is 0.347 e. The predicted octanol–water partition coefficient (Wildman–Crippen LogP) is 0.606. The maximum Gasteiger partial charge on any atom is 0.347 e. The van der Waals surface area contributed by atoms with E-state index in [1.165, 1.54) is 0 Å². The number of aromatic nitrogens is 2. The van der Waals surface area contributed by atoms with Crippen molar-refractivity contribution in [2.75, 3.05) is 45.2 Å². The van der Waals surface area contributed by atoms with Crippen molar-refractivity contribution in [1.82, 2.24) is 14.9 Å². The molecule has 1 saturated heterocycles. The van der Waals surface area contributed by atoms with Gasteiger partial charge in [-0.25, -0.2) is 4.79 Å². The first-order chi connectivity index (χ1) is 10.7. The lowest BCUT2D eigenvalue weighted by Gasteiger charge is -2.26. The molecular formula is C15H20N4O3. The van der Waals surface area contributed by atoms with Crippen LogP contribution in [0.5, 0.6) is 5.75 Å². The zero-order valence-electron chi connectivity index (χ0n) is 12.4. The highest BCUT2D eigenvalue weighted by molar-refractivity contribution is 5.88. The van der Waals surface area contributed by atoms with Gasteiger partial charge >= 0.3 is 5.69 Å². The first-order valence-electron chi connectivity index (χ1n) is 7.45. The molecular weight excluding hydrogens is 284 g/mol. The Kier molecular flexibility index (Phi) is 4.55. The number of fused-ring (bicyclic) bond motifs is 1. The Bertz CT molecular complexity index is 695. The van der Waals surface area contributed by atoms with Crippen LogP contribution in [0, 0.1) is 0 Å². The molecule has 0 aliphatic carbocycles. The monoisotopic (exact) mass is 304 g/mol. The van der Waals surface area contributed by atoms with Crippen molar-refractivity contribution in [2.24, 2.45) is 0 Å². The number of hydrogen-bond donors (Lipinski definition) is 2. The fraction of sp³-hybridized carbons (Fsp3) is 0.467. The SMILES string of the molecule is Nc1nc(=O)[nH]c2ccc(OCCCN3CCOCC3)cc12. The van der Waals surface area contributed by atoms with E-state index in [0.717, 1.165) is 45.0 Å². The fourth-order valence-electron chi connectivity index (χ4n) is 2.55. The highest BCUT2D eigenvalue weighted by Gasteiger charge is 2.09. The molecule has 1 aliphatic heterocycles. The molecule has 1 aromatic carbocycles. The Balaban J connectivity index is 1.56. The van der Waals surface area contributed by atoms with Crippen LogP contribution in [0.4, 0.5) is 5.82 Å². The van der Waals surface area contributed by atoms with Crippen molar-refractivity contribution < 1.29 is 9.47 Å². The zero-order valence-corrected chi connectivity index (χ0v) is 12.4. The Morgan fingerprint density at radius 1 is 1.36 bits per heavy atom. The van der Waals surface area contributed by atoms with Crippen LogP contribution in [0.2, 0.25) is 0 Å². The third kappa shape index (κ3) is 3.55. The van der Waals surface area contributed by atoms with Crippen LogP contribution in [0.1, 0.15) is 6.42 Å². The van der Waals surface area contributed by atoms with Crippen LogP contribution in [0.15, 0.2) is 23.0 Å². The van der Waals surface area contributed by atoms with Crippen LogP contribution < -0.4 is 16.2 Å². The van der Waals surface area contributed by atoms with E-state index in [0.29, 0.717) is 17.5 Å². The number of hydrogen-bond acceptors (Lipinski definition) is 6. The topological polar surface area (TPSA) is 93.5 Å². The third-order valence-electron chi connectivity index (χ3n) is 3.72. The summed E-state index contributed by atoms with van der Waals surface area (Å²) in [4.78, 5) is 20.0. The van der Waals surface area contributed by atoms with E-state index >= 15 is 0 Å². The molecule has 22 heavy (non-hydrogen) atoms. The lowest BCUT2D eigenvalue weighted by atomic mass is 10.2. The summed E-state index contributed by atoms with van der Waals surface area (Å²) in [5.74, 6) is 0.951. The van der Waals surface area contributed by atoms with E-state index in [1.54, 1.807) is 6.07 Å². The maximum atomic E-state index is 11.3. The highest BCUT2D eigenvalue weighted by Crippen LogP contribution is 2.21. The molecule has 0 atom stereocenters. The van der Waals surface area contributed by atoms with Crippen molar-refractivity contribution in [3.05, 3.63) is 28.7 Å². The van der Waals surface area contributed by atoms with Crippen molar-refractivity contribution in [2.45, 2.75) is 6.42 Å². The number of nitrogens with one attached hydrogen (secondary N) is 1. The van der Waals surface area contributed by atoms with Crippen LogP contribution in [0.3, 0.4) is 0 Å². The van der Waals surface area contributed by atoms with Crippen molar-refractivity contribution in [3.8, 4) is 5.75 Å². The van der Waals surface area contributed by atoms with E-state index in [9.17, 15) is 4.79 Å². The van der Waals surface area contributed by atoms with Gasteiger partial charge in [0.1, 0.15) is 11.6 Å². The molecule has 0 unspecified atom stereocenters. The Labute approximate surface area is 128 Å². The molecule has 1 aliphatic rings. The molecule has 0 saturated carbocycles. The van der Waals surface area contributed by atoms with Gasteiger partial charge in [0.25, 0.3) is 0 Å². The van der Waals surface area contributed by atoms with E-state index in [2.05, 4.69) is 14.9 Å². The standard InChI is InChI=1S/C15H20N4O3/c16-14-12-10-11(2-3-13(12)17-15(20)18-14)22-7-1-4-19-5-8-21-9-6-19/h2-3,10H,1,4-9H2,(H3,16,17,18,20). The Hall–Kier alpha value is -2.12. The van der Waals surface area contributed by atoms with Gasteiger partial charge in [-0.2, -0.15) is 4.98 Å². The van der Waals surface area contributed by atoms with Gasteiger partial charge in [-0.3, -0.25) is 4.90 Å². The minimum Gasteiger partial charge on any atom is -0.494 e. The maximum absolute atomic E-state index is 11.3. The van der Waals surface area contributed by atoms with E-state index < -0.39 is 5.69 Å². The van der Waals surface area contributed by atoms with Crippen molar-refractivity contribution in [3.63, 3.8) is 0 Å². The lowest BCUT2D eigenvalue weighted by molar-refractivity contribution is 0.0358. The number of H-pyrrole nitrogens is 1. The van der Waals surface area contributed by atoms with Crippen LogP contribution in [0.25, 0.3) is 10.9 Å². The van der Waals surface area contributed by atoms with Gasteiger partial charge in [-0.1, -0.05) is 0 Å². The van der Waals surface area contributed by atoms with Crippen molar-refractivity contribution in [1.29, 1.82) is 0 Å². The molecule has 0 amide bonds. The number of nitrogen functional groups attached to an aromatic ring is 1. The number of rotatable bonds is 5. The van der Waals surface area contributed by atoms with Crippen LogP contribution >= 0.6 is 0 Å². The second-order valence-electron chi connectivity index (χ2n) is 5.29. The molecule has 118 valence electrons. The minimum absolute atomic E-state index is 0.220. The summed E-state index contributed by atoms with van der Waals surface area (Å²) in [6.07, 6.45) is 0.956. The third-order valence-corrected chi connectivity index (χ3v) is 3.72. The van der Waals surface area contributed by atoms with Crippen LogP contribution in [-0.2, 0) is 4.74 Å². The van der Waals surface area contributed by atoms with Gasteiger partial charge in [-0.15, -0.1) is 0 Å². The van der Waals surface area contributed by atoms with Gasteiger partial charge in [0, 0.05) is 25.0 Å². The first kappa shape index (κ1) is 14.8. The fourth-order valence-corrected chi connectivity index (χ4v) is 2.55. The number of benzene rings is 1. The average Bonchev–Trinajstić information content (AvgIpc) is 2.53. The second-order valence-corrected chi connectivity index (χ2v) is 5.29. The Morgan fingerprint density at radius 3 is 3.00 bits per heavy atom. The van der Waals surface area contributed by atoms with Gasteiger partial charge in [-0.05, 0) is 24.6 Å². The van der Waals surface area contributed by atoms with E-state index in [4.69, 9.17) is 15.2 Å². The highest BCUT2D eigenvalue weighted by atomic mass is 16.5. The summed E-state index contributed by atoms with van der Waals surface area (Å²) in [7, 11) is 0. The molecule has 3 rings (SSSR count). The lowest BCUT2D eigenvalue weighted by Crippen LogP contribution is -2.37. The summed E-state index contributed by atoms with van der Waals surface area (Å²) in [6, 6.07) is 5.42. The quantitative estimate of drug-likeness (QED) is 0.786. The van der Waals surface area contributed by atoms with Gasteiger partial charge in [0.15, 0.2) is 0 Å². The number of anilines is 1. The molecule has 1 aromatic heterocycles. The molecule has 7 nitrogen and oxygen atoms in total. The number of morpholine rings is 1. The molecule has 2 heterocycles. The van der Waals surface area contributed by atoms with Crippen LogP contribution in [-0.4, -0.2) is 54.3 Å². The van der Waals surface area contributed by atoms with Crippen molar-refractivity contribution >= 4 is 16.7 Å². The summed E-state index contributed by atoms with van der Waals surface area (Å²) >= 11 is 0. The molecule has 0 bridgehead atoms. The Morgan fingerprint density at radius 2 is 2.18 bits per heavy atom. The van der Waals surface area contributed by atoms with E-state index in [-0.39, 0.29) is 5.82 Å². The average molecular weight is 304 g/mol. The summed E-state index contributed by atoms with van der Waals surface area (Å²) < 4.78 is 11.1.